The van der Waals surface area contributed by atoms with Crippen molar-refractivity contribution in [3.8, 4) is 5.75 Å². The van der Waals surface area contributed by atoms with Gasteiger partial charge in [0.05, 0.1) is 0 Å². The van der Waals surface area contributed by atoms with Gasteiger partial charge in [-0.3, -0.25) is 4.79 Å². The molecule has 1 aromatic carbocycles. The maximum Gasteiger partial charge on any atom is 0.516 e. The van der Waals surface area contributed by atoms with E-state index in [1.807, 2.05) is 0 Å². The molecule has 0 unspecified atom stereocenters. The Morgan fingerprint density at radius 3 is 2.38 bits per heavy atom. The van der Waals surface area contributed by atoms with Gasteiger partial charge in [0.25, 0.3) is 0 Å². The summed E-state index contributed by atoms with van der Waals surface area (Å²) >= 11 is 0. The van der Waals surface area contributed by atoms with Gasteiger partial charge in [0.1, 0.15) is 11.4 Å². The highest BCUT2D eigenvalue weighted by Gasteiger charge is 2.06. The fraction of sp³-hybridized carbons (Fsp3) is 0.200. The van der Waals surface area contributed by atoms with Gasteiger partial charge >= 0.3 is 12.1 Å². The number of hydrogen-bond donors (Lipinski definition) is 1. The van der Waals surface area contributed by atoms with Crippen LogP contribution >= 0.6 is 0 Å². The fourth-order valence-electron chi connectivity index (χ4n) is 0.844. The summed E-state index contributed by atoms with van der Waals surface area (Å²) < 4.78 is 13.6. The third kappa shape index (κ3) is 4.43. The second-order valence-corrected chi connectivity index (χ2v) is 2.89. The summed E-state index contributed by atoms with van der Waals surface area (Å²) in [6, 6.07) is 6.54. The number of quaternary nitrogens is 1. The Kier molecular flexibility index (Phi) is 4.28. The molecule has 0 heterocycles. The number of benzene rings is 1. The van der Waals surface area contributed by atoms with E-state index in [9.17, 15) is 9.59 Å². The Bertz CT molecular complexity index is 373. The lowest BCUT2D eigenvalue weighted by Crippen LogP contribution is -2.39. The van der Waals surface area contributed by atoms with Crippen LogP contribution in [-0.4, -0.2) is 18.9 Å². The van der Waals surface area contributed by atoms with Crippen molar-refractivity contribution in [3.05, 3.63) is 24.3 Å². The second kappa shape index (κ2) is 5.72. The summed E-state index contributed by atoms with van der Waals surface area (Å²) in [5.41, 5.74) is 4.49. The van der Waals surface area contributed by atoms with Crippen LogP contribution in [0.25, 0.3) is 0 Å². The average Bonchev–Trinajstić information content (AvgIpc) is 2.21. The molecule has 0 saturated carbocycles. The van der Waals surface area contributed by atoms with Crippen molar-refractivity contribution in [1.29, 1.82) is 0 Å². The Morgan fingerprint density at radius 1 is 1.19 bits per heavy atom. The van der Waals surface area contributed by atoms with Gasteiger partial charge in [0.15, 0.2) is 0 Å². The first-order valence-electron chi connectivity index (χ1n) is 4.48. The van der Waals surface area contributed by atoms with Crippen LogP contribution in [0.15, 0.2) is 24.3 Å². The van der Waals surface area contributed by atoms with E-state index in [1.165, 1.54) is 6.92 Å². The maximum absolute atomic E-state index is 11.0. The smallest absolute Gasteiger partial charge is 0.428 e. The molecule has 1 rings (SSSR count). The highest BCUT2D eigenvalue weighted by molar-refractivity contribution is 5.66. The summed E-state index contributed by atoms with van der Waals surface area (Å²) in [5.74, 6) is -0.200. The molecule has 6 heteroatoms. The molecule has 86 valence electrons. The standard InChI is InChI=1S/C10H11NO5/c1-7(12)14-6-15-10(13)16-9-4-2-8(11)3-5-9/h2-5H,6,11H2,1H3/p+1. The van der Waals surface area contributed by atoms with Crippen LogP contribution < -0.4 is 10.5 Å². The van der Waals surface area contributed by atoms with E-state index >= 15 is 0 Å². The van der Waals surface area contributed by atoms with Crippen molar-refractivity contribution in [2.24, 2.45) is 0 Å². The van der Waals surface area contributed by atoms with E-state index in [1.54, 1.807) is 24.3 Å². The van der Waals surface area contributed by atoms with Gasteiger partial charge in [-0.15, -0.1) is 0 Å². The quantitative estimate of drug-likeness (QED) is 0.463. The zero-order chi connectivity index (χ0) is 12.0. The van der Waals surface area contributed by atoms with E-state index in [-0.39, 0.29) is 0 Å². The zero-order valence-electron chi connectivity index (χ0n) is 8.76. The first-order chi connectivity index (χ1) is 7.58. The third-order valence-corrected chi connectivity index (χ3v) is 1.56. The molecule has 0 aliphatic rings. The zero-order valence-corrected chi connectivity index (χ0v) is 8.76. The minimum Gasteiger partial charge on any atom is -0.428 e. The van der Waals surface area contributed by atoms with Crippen LogP contribution in [0, 0.1) is 0 Å². The molecule has 0 saturated heterocycles. The Labute approximate surface area is 91.9 Å². The van der Waals surface area contributed by atoms with Gasteiger partial charge in [0.2, 0.25) is 6.79 Å². The van der Waals surface area contributed by atoms with Crippen LogP contribution in [0.5, 0.6) is 5.75 Å². The van der Waals surface area contributed by atoms with Crippen LogP contribution in [-0.2, 0) is 14.3 Å². The second-order valence-electron chi connectivity index (χ2n) is 2.89. The molecular formula is C10H12NO5+. The highest BCUT2D eigenvalue weighted by atomic mass is 16.8. The molecule has 0 aliphatic carbocycles. The van der Waals surface area contributed by atoms with Crippen molar-refractivity contribution < 1.29 is 29.5 Å². The minimum atomic E-state index is -0.932. The molecule has 0 atom stereocenters. The molecular weight excluding hydrogens is 214 g/mol. The van der Waals surface area contributed by atoms with Gasteiger partial charge in [0, 0.05) is 19.1 Å². The topological polar surface area (TPSA) is 89.5 Å². The molecule has 0 radical (unpaired) electrons. The Balaban J connectivity index is 2.34. The maximum atomic E-state index is 11.0. The van der Waals surface area contributed by atoms with Gasteiger partial charge in [-0.25, -0.2) is 4.79 Å². The normalized spacial score (nSPS) is 9.38. The largest absolute Gasteiger partial charge is 0.516 e. The number of carbonyl (C=O) groups excluding carboxylic acids is 2. The Hall–Kier alpha value is -2.08. The molecule has 0 spiro atoms. The predicted octanol–water partition coefficient (Wildman–Crippen LogP) is 0.596. The molecule has 3 N–H and O–H groups in total. The van der Waals surface area contributed by atoms with Crippen LogP contribution in [0.4, 0.5) is 10.5 Å². The Morgan fingerprint density at radius 2 is 1.81 bits per heavy atom. The number of esters is 1. The minimum absolute atomic E-state index is 0.334. The lowest BCUT2D eigenvalue weighted by atomic mass is 10.3. The lowest BCUT2D eigenvalue weighted by molar-refractivity contribution is -0.254. The first kappa shape index (κ1) is 12.0. The molecule has 0 aromatic heterocycles. The number of ether oxygens (including phenoxy) is 3. The summed E-state index contributed by atoms with van der Waals surface area (Å²) in [7, 11) is 0. The number of carbonyl (C=O) groups is 2. The SMILES string of the molecule is CC(=O)OCOC(=O)Oc1ccc([NH3+])cc1. The highest BCUT2D eigenvalue weighted by Crippen LogP contribution is 2.12. The molecule has 16 heavy (non-hydrogen) atoms. The molecule has 1 aromatic rings. The van der Waals surface area contributed by atoms with Crippen molar-refractivity contribution in [1.82, 2.24) is 0 Å². The van der Waals surface area contributed by atoms with Crippen LogP contribution in [0.2, 0.25) is 0 Å². The van der Waals surface area contributed by atoms with E-state index in [4.69, 9.17) is 4.74 Å². The molecule has 0 aliphatic heterocycles. The van der Waals surface area contributed by atoms with Crippen LogP contribution in [0.1, 0.15) is 6.92 Å². The fourth-order valence-corrected chi connectivity index (χ4v) is 0.844. The van der Waals surface area contributed by atoms with E-state index in [0.29, 0.717) is 5.75 Å². The van der Waals surface area contributed by atoms with Crippen molar-refractivity contribution in [2.45, 2.75) is 6.92 Å². The number of hydrogen-bond acceptors (Lipinski definition) is 5. The summed E-state index contributed by atoms with van der Waals surface area (Å²) in [5, 5.41) is 0. The van der Waals surface area contributed by atoms with E-state index < -0.39 is 18.9 Å². The van der Waals surface area contributed by atoms with Gasteiger partial charge in [-0.2, -0.15) is 0 Å². The average molecular weight is 226 g/mol. The van der Waals surface area contributed by atoms with Crippen LogP contribution in [0.3, 0.4) is 0 Å². The van der Waals surface area contributed by atoms with Gasteiger partial charge in [-0.1, -0.05) is 0 Å². The predicted molar refractivity (Wildman–Crippen MR) is 52.7 cm³/mol. The summed E-state index contributed by atoms with van der Waals surface area (Å²) in [6.07, 6.45) is -0.932. The van der Waals surface area contributed by atoms with Crippen molar-refractivity contribution in [3.63, 3.8) is 0 Å². The van der Waals surface area contributed by atoms with Crippen molar-refractivity contribution >= 4 is 17.8 Å². The monoisotopic (exact) mass is 226 g/mol. The lowest BCUT2D eigenvalue weighted by Gasteiger charge is -2.05. The molecule has 6 nitrogen and oxygen atoms in total. The summed E-state index contributed by atoms with van der Waals surface area (Å²) in [6.45, 7) is 0.753. The first-order valence-corrected chi connectivity index (χ1v) is 4.48. The molecule has 0 bridgehead atoms. The van der Waals surface area contributed by atoms with E-state index in [2.05, 4.69) is 15.2 Å². The molecule has 0 fully saturated rings. The number of rotatable bonds is 3. The van der Waals surface area contributed by atoms with Crippen molar-refractivity contribution in [2.75, 3.05) is 6.79 Å². The van der Waals surface area contributed by atoms with Gasteiger partial charge < -0.3 is 19.9 Å². The molecule has 0 amide bonds. The summed E-state index contributed by atoms with van der Waals surface area (Å²) in [4.78, 5) is 21.4. The van der Waals surface area contributed by atoms with Gasteiger partial charge in [-0.05, 0) is 12.1 Å². The third-order valence-electron chi connectivity index (χ3n) is 1.56. The van der Waals surface area contributed by atoms with E-state index in [0.717, 1.165) is 5.69 Å².